The number of para-hydroxylation sites is 1. The minimum atomic E-state index is -0.740. The number of carbonyl (C=O) groups excluding carboxylic acids is 2. The molecule has 6 rings (SSSR count). The molecule has 3 heterocycles. The molecule has 2 aliphatic heterocycles. The van der Waals surface area contributed by atoms with Crippen LogP contribution >= 0.6 is 23.4 Å². The lowest BCUT2D eigenvalue weighted by atomic mass is 9.99. The third kappa shape index (κ3) is 5.66. The van der Waals surface area contributed by atoms with Crippen LogP contribution in [0.15, 0.2) is 72.8 Å². The Bertz CT molecular complexity index is 1630. The van der Waals surface area contributed by atoms with Gasteiger partial charge in [0.1, 0.15) is 24.0 Å². The van der Waals surface area contributed by atoms with Gasteiger partial charge in [-0.25, -0.2) is 13.5 Å². The molecule has 1 aromatic heterocycles. The summed E-state index contributed by atoms with van der Waals surface area (Å²) in [5.74, 6) is -1.91. The fourth-order valence-corrected chi connectivity index (χ4v) is 6.75. The molecule has 2 aliphatic rings. The van der Waals surface area contributed by atoms with Crippen LogP contribution in [0.25, 0.3) is 16.9 Å². The number of hydrogen-bond donors (Lipinski definition) is 1. The molecule has 0 aliphatic carbocycles. The lowest BCUT2D eigenvalue weighted by molar-refractivity contribution is -0.123. The van der Waals surface area contributed by atoms with Gasteiger partial charge in [-0.05, 0) is 31.0 Å². The molecule has 4 aromatic rings. The Kier molecular flexibility index (Phi) is 8.28. The van der Waals surface area contributed by atoms with Gasteiger partial charge in [-0.1, -0.05) is 60.1 Å². The van der Waals surface area contributed by atoms with Crippen LogP contribution in [0, 0.1) is 11.6 Å². The molecular weight excluding hydrogens is 582 g/mol. The Labute approximate surface area is 250 Å². The summed E-state index contributed by atoms with van der Waals surface area (Å²) >= 11 is 7.84. The summed E-state index contributed by atoms with van der Waals surface area (Å²) in [4.78, 5) is 28.4. The number of rotatable bonds is 7. The highest BCUT2D eigenvalue weighted by Crippen LogP contribution is 2.49. The molecule has 2 atom stereocenters. The van der Waals surface area contributed by atoms with E-state index < -0.39 is 16.9 Å². The van der Waals surface area contributed by atoms with Crippen LogP contribution in [0.4, 0.5) is 14.6 Å². The molecule has 0 radical (unpaired) electrons. The molecule has 7 nitrogen and oxygen atoms in total. The number of ether oxygens (including phenoxy) is 1. The SMILES string of the molecule is O=C(CN1C(=O)CS[C@H](c2ccc(F)cc2F)c2c(-c3ccccc3)nn(-c3ccccc3Cl)c21)NC[C@@H]1CCCO1. The summed E-state index contributed by atoms with van der Waals surface area (Å²) in [7, 11) is 0. The van der Waals surface area contributed by atoms with Crippen LogP contribution in [0.1, 0.15) is 29.2 Å². The third-order valence-corrected chi connectivity index (χ3v) is 8.87. The fraction of sp³-hybridized carbons (Fsp3) is 0.258. The van der Waals surface area contributed by atoms with Gasteiger partial charge in [0.25, 0.3) is 0 Å². The molecule has 11 heteroatoms. The van der Waals surface area contributed by atoms with Crippen LogP contribution in [0.2, 0.25) is 5.02 Å². The predicted molar refractivity (Wildman–Crippen MR) is 159 cm³/mol. The number of nitrogens with one attached hydrogen (secondary N) is 1. The highest BCUT2D eigenvalue weighted by atomic mass is 35.5. The Hall–Kier alpha value is -3.73. The van der Waals surface area contributed by atoms with E-state index in [0.29, 0.717) is 40.9 Å². The first-order valence-electron chi connectivity index (χ1n) is 13.6. The van der Waals surface area contributed by atoms with E-state index in [9.17, 15) is 14.0 Å². The van der Waals surface area contributed by atoms with Gasteiger partial charge in [0, 0.05) is 35.9 Å². The van der Waals surface area contributed by atoms with E-state index in [-0.39, 0.29) is 35.8 Å². The predicted octanol–water partition coefficient (Wildman–Crippen LogP) is 5.94. The van der Waals surface area contributed by atoms with E-state index >= 15 is 4.39 Å². The van der Waals surface area contributed by atoms with E-state index in [1.54, 1.807) is 28.9 Å². The second kappa shape index (κ2) is 12.2. The summed E-state index contributed by atoms with van der Waals surface area (Å²) in [6.07, 6.45) is 1.73. The van der Waals surface area contributed by atoms with Gasteiger partial charge in [-0.15, -0.1) is 11.8 Å². The van der Waals surface area contributed by atoms with Crippen molar-refractivity contribution in [1.82, 2.24) is 15.1 Å². The van der Waals surface area contributed by atoms with Crippen molar-refractivity contribution in [2.75, 3.05) is 30.3 Å². The van der Waals surface area contributed by atoms with Crippen LogP contribution in [-0.4, -0.2) is 53.1 Å². The van der Waals surface area contributed by atoms with Crippen molar-refractivity contribution < 1.29 is 23.1 Å². The smallest absolute Gasteiger partial charge is 0.240 e. The Morgan fingerprint density at radius 3 is 2.62 bits per heavy atom. The zero-order chi connectivity index (χ0) is 29.2. The van der Waals surface area contributed by atoms with E-state index in [1.165, 1.54) is 28.8 Å². The lowest BCUT2D eigenvalue weighted by Gasteiger charge is -2.24. The fourth-order valence-electron chi connectivity index (χ4n) is 5.31. The molecule has 1 fully saturated rings. The number of fused-ring (bicyclic) bond motifs is 1. The number of halogens is 3. The minimum Gasteiger partial charge on any atom is -0.376 e. The van der Waals surface area contributed by atoms with Gasteiger partial charge < -0.3 is 10.1 Å². The third-order valence-electron chi connectivity index (χ3n) is 7.31. The highest BCUT2D eigenvalue weighted by molar-refractivity contribution is 8.00. The number of aromatic nitrogens is 2. The summed E-state index contributed by atoms with van der Waals surface area (Å²) < 4.78 is 36.5. The van der Waals surface area contributed by atoms with E-state index in [2.05, 4.69) is 5.32 Å². The van der Waals surface area contributed by atoms with Gasteiger partial charge in [0.15, 0.2) is 0 Å². The molecular formula is C31H27ClF2N4O3S. The summed E-state index contributed by atoms with van der Waals surface area (Å²) in [5, 5.41) is 7.46. The van der Waals surface area contributed by atoms with Crippen LogP contribution in [-0.2, 0) is 14.3 Å². The number of carbonyl (C=O) groups is 2. The Morgan fingerprint density at radius 2 is 1.88 bits per heavy atom. The van der Waals surface area contributed by atoms with E-state index in [4.69, 9.17) is 21.4 Å². The maximum atomic E-state index is 15.4. The number of anilines is 1. The van der Waals surface area contributed by atoms with E-state index in [1.807, 2.05) is 30.3 Å². The molecule has 1 N–H and O–H groups in total. The van der Waals surface area contributed by atoms with Gasteiger partial charge in [-0.3, -0.25) is 14.5 Å². The number of amides is 2. The van der Waals surface area contributed by atoms with Gasteiger partial charge in [-0.2, -0.15) is 5.10 Å². The highest BCUT2D eigenvalue weighted by Gasteiger charge is 2.39. The topological polar surface area (TPSA) is 76.5 Å². The molecule has 216 valence electrons. The molecule has 0 unspecified atom stereocenters. The zero-order valence-electron chi connectivity index (χ0n) is 22.4. The molecule has 1 saturated heterocycles. The summed E-state index contributed by atoms with van der Waals surface area (Å²) in [6, 6.07) is 19.8. The van der Waals surface area contributed by atoms with Crippen molar-refractivity contribution in [3.63, 3.8) is 0 Å². The normalized spacial score (nSPS) is 18.5. The Morgan fingerprint density at radius 1 is 1.10 bits per heavy atom. The second-order valence-electron chi connectivity index (χ2n) is 10.1. The molecule has 2 amide bonds. The quantitative estimate of drug-likeness (QED) is 0.281. The average Bonchev–Trinajstić information content (AvgIpc) is 3.62. The zero-order valence-corrected chi connectivity index (χ0v) is 24.0. The minimum absolute atomic E-state index is 0.0497. The number of hydrogen-bond acceptors (Lipinski definition) is 5. The van der Waals surface area contributed by atoms with Gasteiger partial charge >= 0.3 is 0 Å². The Balaban J connectivity index is 1.54. The maximum Gasteiger partial charge on any atom is 0.240 e. The molecule has 3 aromatic carbocycles. The largest absolute Gasteiger partial charge is 0.376 e. The van der Waals surface area contributed by atoms with Crippen molar-refractivity contribution in [3.05, 3.63) is 101 Å². The van der Waals surface area contributed by atoms with Crippen molar-refractivity contribution >= 4 is 41.0 Å². The maximum absolute atomic E-state index is 15.4. The van der Waals surface area contributed by atoms with Crippen LogP contribution in [0.3, 0.4) is 0 Å². The molecule has 0 saturated carbocycles. The average molecular weight is 609 g/mol. The van der Waals surface area contributed by atoms with Gasteiger partial charge in [0.2, 0.25) is 11.8 Å². The molecule has 0 spiro atoms. The van der Waals surface area contributed by atoms with Crippen molar-refractivity contribution in [2.24, 2.45) is 0 Å². The standard InChI is InChI=1S/C31H27ClF2N4O3S/c32-23-10-4-5-11-25(23)38-31-28(29(36-38)19-7-2-1-3-8-19)30(22-13-12-20(33)15-24(22)34)42-18-27(40)37(31)17-26(39)35-16-21-9-6-14-41-21/h1-5,7-8,10-13,15,21,30H,6,9,14,16-18H2,(H,35,39)/t21-,30+/m0/s1. The second-order valence-corrected chi connectivity index (χ2v) is 11.6. The first kappa shape index (κ1) is 28.4. The lowest BCUT2D eigenvalue weighted by Crippen LogP contribution is -2.44. The first-order chi connectivity index (χ1) is 20.4. The number of thioether (sulfide) groups is 1. The summed E-state index contributed by atoms with van der Waals surface area (Å²) in [5.41, 5.74) is 2.43. The van der Waals surface area contributed by atoms with Crippen molar-refractivity contribution in [2.45, 2.75) is 24.2 Å². The van der Waals surface area contributed by atoms with E-state index in [0.717, 1.165) is 24.5 Å². The van der Waals surface area contributed by atoms with Crippen LogP contribution in [0.5, 0.6) is 0 Å². The first-order valence-corrected chi connectivity index (χ1v) is 15.0. The van der Waals surface area contributed by atoms with Crippen molar-refractivity contribution in [3.8, 4) is 16.9 Å². The van der Waals surface area contributed by atoms with Gasteiger partial charge in [0.05, 0.1) is 33.5 Å². The van der Waals surface area contributed by atoms with Crippen molar-refractivity contribution in [1.29, 1.82) is 0 Å². The van der Waals surface area contributed by atoms with Crippen LogP contribution < -0.4 is 10.2 Å². The molecule has 42 heavy (non-hydrogen) atoms. The number of nitrogens with zero attached hydrogens (tertiary/aromatic N) is 3. The number of benzene rings is 3. The summed E-state index contributed by atoms with van der Waals surface area (Å²) in [6.45, 7) is 0.708. The molecule has 0 bridgehead atoms. The monoisotopic (exact) mass is 608 g/mol.